The molecule has 0 aliphatic carbocycles. The second-order valence-electron chi connectivity index (χ2n) is 7.69. The van der Waals surface area contributed by atoms with Gasteiger partial charge in [0.1, 0.15) is 12.4 Å². The fourth-order valence-corrected chi connectivity index (χ4v) is 3.59. The quantitative estimate of drug-likeness (QED) is 0.328. The largest absolute Gasteiger partial charge is 0.399 e. The number of nitrogen functional groups attached to an aromatic ring is 1. The zero-order valence-corrected chi connectivity index (χ0v) is 19.1. The number of rotatable bonds is 9. The smallest absolute Gasteiger partial charge is 0.269 e. The van der Waals surface area contributed by atoms with E-state index in [9.17, 15) is 23.9 Å². The molecule has 1 atom stereocenters. The monoisotopic (exact) mass is 490 g/mol. The van der Waals surface area contributed by atoms with Gasteiger partial charge >= 0.3 is 0 Å². The van der Waals surface area contributed by atoms with E-state index in [0.717, 1.165) is 0 Å². The van der Waals surface area contributed by atoms with Crippen molar-refractivity contribution in [2.24, 2.45) is 5.73 Å². The first-order valence-electron chi connectivity index (χ1n) is 10.3. The molecule has 0 aliphatic rings. The van der Waals surface area contributed by atoms with Crippen LogP contribution >= 0.6 is 11.6 Å². The van der Waals surface area contributed by atoms with Crippen LogP contribution in [0.15, 0.2) is 36.4 Å². The van der Waals surface area contributed by atoms with Crippen molar-refractivity contribution in [3.63, 3.8) is 0 Å². The van der Waals surface area contributed by atoms with E-state index in [1.165, 1.54) is 27.8 Å². The van der Waals surface area contributed by atoms with Gasteiger partial charge in [0, 0.05) is 23.2 Å². The van der Waals surface area contributed by atoms with Crippen LogP contribution in [0.4, 0.5) is 10.1 Å². The molecular weight excluding hydrogens is 467 g/mol. The van der Waals surface area contributed by atoms with Crippen LogP contribution in [0.1, 0.15) is 23.0 Å². The maximum Gasteiger partial charge on any atom is 0.269 e. The van der Waals surface area contributed by atoms with E-state index in [1.807, 2.05) is 0 Å². The molecule has 0 bridgehead atoms. The molecule has 10 nitrogen and oxygen atoms in total. The first-order valence-corrected chi connectivity index (χ1v) is 10.7. The highest BCUT2D eigenvalue weighted by molar-refractivity contribution is 6.30. The molecule has 3 rings (SSSR count). The summed E-state index contributed by atoms with van der Waals surface area (Å²) in [4.78, 5) is 38.5. The zero-order chi connectivity index (χ0) is 25.0. The van der Waals surface area contributed by atoms with Gasteiger partial charge in [-0.3, -0.25) is 19.1 Å². The van der Waals surface area contributed by atoms with Gasteiger partial charge in [0.15, 0.2) is 5.69 Å². The van der Waals surface area contributed by atoms with Crippen LogP contribution < -0.4 is 16.8 Å². The minimum Gasteiger partial charge on any atom is -0.399 e. The number of fused-ring (bicyclic) bond motifs is 1. The van der Waals surface area contributed by atoms with Gasteiger partial charge in [-0.25, -0.2) is 4.39 Å². The molecule has 0 fully saturated rings. The van der Waals surface area contributed by atoms with Crippen molar-refractivity contribution < 1.29 is 23.9 Å². The Kier molecular flexibility index (Phi) is 7.69. The van der Waals surface area contributed by atoms with Crippen LogP contribution in [0.3, 0.4) is 0 Å². The third-order valence-electron chi connectivity index (χ3n) is 5.23. The van der Waals surface area contributed by atoms with Crippen molar-refractivity contribution in [2.45, 2.75) is 26.1 Å². The Bertz CT molecular complexity index is 1250. The number of aliphatic hydroxyl groups excluding tert-OH is 1. The molecule has 0 unspecified atom stereocenters. The lowest BCUT2D eigenvalue weighted by molar-refractivity contribution is -0.139. The number of primary amides is 1. The normalized spacial score (nSPS) is 11.9. The highest BCUT2D eigenvalue weighted by Crippen LogP contribution is 2.22. The second kappa shape index (κ2) is 10.5. The number of nitrogens with two attached hydrogens (primary N) is 2. The Morgan fingerprint density at radius 1 is 1.29 bits per heavy atom. The molecule has 1 heterocycles. The zero-order valence-electron chi connectivity index (χ0n) is 18.3. The number of aromatic nitrogens is 2. The number of aliphatic hydroxyl groups is 1. The third kappa shape index (κ3) is 5.43. The van der Waals surface area contributed by atoms with Crippen molar-refractivity contribution in [1.82, 2.24) is 20.0 Å². The molecule has 12 heteroatoms. The Morgan fingerprint density at radius 2 is 2.03 bits per heavy atom. The van der Waals surface area contributed by atoms with Gasteiger partial charge in [0.25, 0.3) is 5.91 Å². The number of carbonyl (C=O) groups excluding carboxylic acids is 3. The van der Waals surface area contributed by atoms with E-state index < -0.39 is 42.7 Å². The Labute approximate surface area is 199 Å². The van der Waals surface area contributed by atoms with Gasteiger partial charge in [-0.1, -0.05) is 23.7 Å². The number of carbonyl (C=O) groups is 3. The van der Waals surface area contributed by atoms with Gasteiger partial charge in [0.05, 0.1) is 29.7 Å². The molecular formula is C22H24ClFN6O4. The summed E-state index contributed by atoms with van der Waals surface area (Å²) in [5, 5.41) is 16.6. The summed E-state index contributed by atoms with van der Waals surface area (Å²) in [6, 6.07) is 8.44. The first kappa shape index (κ1) is 24.9. The third-order valence-corrected chi connectivity index (χ3v) is 5.52. The summed E-state index contributed by atoms with van der Waals surface area (Å²) < 4.78 is 15.3. The molecule has 3 aromatic rings. The van der Waals surface area contributed by atoms with Crippen LogP contribution in [0.25, 0.3) is 10.9 Å². The molecule has 180 valence electrons. The van der Waals surface area contributed by atoms with Crippen molar-refractivity contribution >= 4 is 45.9 Å². The number of nitrogens with one attached hydrogen (secondary N) is 1. The predicted molar refractivity (Wildman–Crippen MR) is 124 cm³/mol. The number of amides is 3. The highest BCUT2D eigenvalue weighted by Gasteiger charge is 2.25. The fourth-order valence-electron chi connectivity index (χ4n) is 3.40. The van der Waals surface area contributed by atoms with E-state index >= 15 is 0 Å². The number of halogens is 2. The van der Waals surface area contributed by atoms with Gasteiger partial charge in [-0.15, -0.1) is 0 Å². The van der Waals surface area contributed by atoms with Gasteiger partial charge in [-0.2, -0.15) is 5.10 Å². The van der Waals surface area contributed by atoms with E-state index in [-0.39, 0.29) is 29.4 Å². The van der Waals surface area contributed by atoms with Crippen molar-refractivity contribution in [3.8, 4) is 0 Å². The van der Waals surface area contributed by atoms with Crippen LogP contribution in [-0.4, -0.2) is 56.7 Å². The molecule has 34 heavy (non-hydrogen) atoms. The summed E-state index contributed by atoms with van der Waals surface area (Å²) in [6.07, 6.45) is 0. The SMILES string of the molecule is C[C@H](CO)N(CC(=O)NCc1cccc(Cl)c1F)C(=O)Cn1nc(C(N)=O)c2cc(N)ccc21. The predicted octanol–water partition coefficient (Wildman–Crippen LogP) is 1.04. The minimum absolute atomic E-state index is 0.0434. The Morgan fingerprint density at radius 3 is 2.71 bits per heavy atom. The number of hydrogen-bond acceptors (Lipinski definition) is 6. The van der Waals surface area contributed by atoms with E-state index in [0.29, 0.717) is 16.6 Å². The van der Waals surface area contributed by atoms with Crippen molar-refractivity contribution in [1.29, 1.82) is 0 Å². The van der Waals surface area contributed by atoms with Crippen molar-refractivity contribution in [3.05, 3.63) is 58.5 Å². The number of hydrogen-bond donors (Lipinski definition) is 4. The average molecular weight is 491 g/mol. The first-order chi connectivity index (χ1) is 16.1. The summed E-state index contributed by atoms with van der Waals surface area (Å²) in [6.45, 7) is 0.323. The fraction of sp³-hybridized carbons (Fsp3) is 0.273. The van der Waals surface area contributed by atoms with Gasteiger partial charge < -0.3 is 26.8 Å². The number of benzene rings is 2. The number of nitrogens with zero attached hydrogens (tertiary/aromatic N) is 3. The maximum atomic E-state index is 14.0. The minimum atomic E-state index is -0.782. The topological polar surface area (TPSA) is 157 Å². The maximum absolute atomic E-state index is 14.0. The summed E-state index contributed by atoms with van der Waals surface area (Å²) >= 11 is 5.75. The summed E-state index contributed by atoms with van der Waals surface area (Å²) in [5.41, 5.74) is 12.2. The Hall–Kier alpha value is -3.70. The summed E-state index contributed by atoms with van der Waals surface area (Å²) in [5.74, 6) is -2.53. The van der Waals surface area contributed by atoms with Gasteiger partial charge in [-0.05, 0) is 31.2 Å². The average Bonchev–Trinajstić information content (AvgIpc) is 3.15. The molecule has 0 saturated heterocycles. The molecule has 3 amide bonds. The number of anilines is 1. The lowest BCUT2D eigenvalue weighted by Gasteiger charge is -2.27. The lowest BCUT2D eigenvalue weighted by atomic mass is 10.2. The second-order valence-corrected chi connectivity index (χ2v) is 8.10. The van der Waals surface area contributed by atoms with Crippen molar-refractivity contribution in [2.75, 3.05) is 18.9 Å². The van der Waals surface area contributed by atoms with Crippen LogP contribution in [-0.2, 0) is 22.7 Å². The molecule has 1 aromatic heterocycles. The molecule has 2 aromatic carbocycles. The highest BCUT2D eigenvalue weighted by atomic mass is 35.5. The van der Waals surface area contributed by atoms with E-state index in [2.05, 4.69) is 10.4 Å². The van der Waals surface area contributed by atoms with Crippen LogP contribution in [0, 0.1) is 5.82 Å². The molecule has 0 radical (unpaired) electrons. The Balaban J connectivity index is 1.77. The van der Waals surface area contributed by atoms with E-state index in [4.69, 9.17) is 23.1 Å². The molecule has 0 aliphatic heterocycles. The molecule has 6 N–H and O–H groups in total. The van der Waals surface area contributed by atoms with Crippen LogP contribution in [0.5, 0.6) is 0 Å². The van der Waals surface area contributed by atoms with E-state index in [1.54, 1.807) is 25.1 Å². The summed E-state index contributed by atoms with van der Waals surface area (Å²) in [7, 11) is 0. The lowest BCUT2D eigenvalue weighted by Crippen LogP contribution is -2.47. The van der Waals surface area contributed by atoms with Crippen LogP contribution in [0.2, 0.25) is 5.02 Å². The van der Waals surface area contributed by atoms with Gasteiger partial charge in [0.2, 0.25) is 11.8 Å². The molecule has 0 saturated carbocycles. The standard InChI is InChI=1S/C22H24ClFN6O4/c1-12(11-31)29(9-18(32)27-8-13-3-2-4-16(23)20(13)24)19(33)10-30-17-6-5-14(25)7-15(17)21(28-30)22(26)34/h2-7,12,31H,8-11,25H2,1H3,(H2,26,34)(H,27,32)/t12-/m1/s1. The molecule has 0 spiro atoms.